The van der Waals surface area contributed by atoms with E-state index in [4.69, 9.17) is 34.8 Å². The number of carbonyl (C=O) groups is 1. The van der Waals surface area contributed by atoms with E-state index < -0.39 is 64.3 Å². The molecule has 0 saturated carbocycles. The fraction of sp³-hybridized carbons (Fsp3) is 0.348. The van der Waals surface area contributed by atoms with Gasteiger partial charge in [0.25, 0.3) is 5.91 Å². The number of halogens is 10. The Morgan fingerprint density at radius 2 is 1.65 bits per heavy atom. The van der Waals surface area contributed by atoms with E-state index in [0.29, 0.717) is 0 Å². The Kier molecular flexibility index (Phi) is 10.6. The van der Waals surface area contributed by atoms with Gasteiger partial charge in [0.2, 0.25) is 5.75 Å². The van der Waals surface area contributed by atoms with Gasteiger partial charge in [-0.25, -0.2) is 4.39 Å². The highest BCUT2D eigenvalue weighted by Gasteiger charge is 2.39. The van der Waals surface area contributed by atoms with E-state index >= 15 is 0 Å². The maximum absolute atomic E-state index is 14.8. The zero-order valence-corrected chi connectivity index (χ0v) is 22.1. The second-order valence-electron chi connectivity index (χ2n) is 8.11. The second kappa shape index (κ2) is 12.5. The van der Waals surface area contributed by atoms with Crippen LogP contribution in [0.5, 0.6) is 0 Å². The van der Waals surface area contributed by atoms with E-state index in [1.165, 1.54) is 19.9 Å². The molecule has 0 radical (unpaired) electrons. The summed E-state index contributed by atoms with van der Waals surface area (Å²) in [5.41, 5.74) is -0.685. The van der Waals surface area contributed by atoms with E-state index in [-0.39, 0.29) is 31.8 Å². The van der Waals surface area contributed by atoms with Gasteiger partial charge in [0.1, 0.15) is 11.6 Å². The topological polar surface area (TPSA) is 52.2 Å². The number of benzene rings is 2. The molecular weight excluding hydrogens is 594 g/mol. The lowest BCUT2D eigenvalue weighted by molar-refractivity contribution is -0.139. The summed E-state index contributed by atoms with van der Waals surface area (Å²) in [6, 6.07) is 3.15. The summed E-state index contributed by atoms with van der Waals surface area (Å²) in [6.07, 6.45) is -7.62. The molecule has 2 unspecified atom stereocenters. The minimum atomic E-state index is -4.76. The van der Waals surface area contributed by atoms with Crippen LogP contribution in [0.15, 0.2) is 30.3 Å². The monoisotopic (exact) mass is 611 g/mol. The molecule has 204 valence electrons. The molecule has 2 aromatic rings. The molecule has 0 aromatic heterocycles. The smallest absolute Gasteiger partial charge is 0.433 e. The van der Waals surface area contributed by atoms with Crippen molar-refractivity contribution in [2.45, 2.75) is 38.2 Å². The zero-order chi connectivity index (χ0) is 28.3. The van der Waals surface area contributed by atoms with Gasteiger partial charge in [-0.3, -0.25) is 4.79 Å². The molecule has 0 saturated heterocycles. The number of nitrogens with one attached hydrogen (secondary N) is 1. The molecule has 1 N–H and O–H groups in total. The van der Waals surface area contributed by atoms with Crippen molar-refractivity contribution in [3.8, 4) is 0 Å². The maximum Gasteiger partial charge on any atom is 0.433 e. The van der Waals surface area contributed by atoms with Gasteiger partial charge in [0.15, 0.2) is 0 Å². The molecule has 0 fully saturated rings. The largest absolute Gasteiger partial charge is 0.616 e. The van der Waals surface area contributed by atoms with Crippen molar-refractivity contribution in [1.82, 2.24) is 5.32 Å². The number of aryl methyl sites for hydroxylation is 1. The molecule has 0 aliphatic rings. The quantitative estimate of drug-likeness (QED) is 0.187. The van der Waals surface area contributed by atoms with Gasteiger partial charge in [-0.15, -0.1) is 0 Å². The van der Waals surface area contributed by atoms with Crippen LogP contribution in [0.4, 0.5) is 30.7 Å². The standard InChI is InChI=1S/C23H19Cl3F7NO2S/c1-11-5-13(3-4-15(23(31,32)33)14-7-16(24)20(26)17(25)8-14)6-18(27)19(11)21(35)34-12(2)9-37(36)10-22(28,29)30/h3-8,12,15H,9-10H2,1-2H3,(H,34,35)/b4-3+/t12-,15?,37?/m1/s1. The first-order valence-electron chi connectivity index (χ1n) is 10.3. The van der Waals surface area contributed by atoms with Crippen molar-refractivity contribution in [3.63, 3.8) is 0 Å². The number of hydrogen-bond acceptors (Lipinski definition) is 2. The molecule has 0 aliphatic carbocycles. The summed E-state index contributed by atoms with van der Waals surface area (Å²) >= 11 is 15.2. The molecule has 0 aliphatic heterocycles. The average molecular weight is 613 g/mol. The van der Waals surface area contributed by atoms with Crippen molar-refractivity contribution in [1.29, 1.82) is 0 Å². The van der Waals surface area contributed by atoms with Gasteiger partial charge in [-0.1, -0.05) is 53.0 Å². The van der Waals surface area contributed by atoms with E-state index in [0.717, 1.165) is 30.4 Å². The van der Waals surface area contributed by atoms with Crippen LogP contribution in [0.2, 0.25) is 15.1 Å². The van der Waals surface area contributed by atoms with Gasteiger partial charge in [-0.05, 0) is 59.9 Å². The minimum absolute atomic E-state index is 0.00582. The van der Waals surface area contributed by atoms with Gasteiger partial charge in [-0.2, -0.15) is 26.3 Å². The van der Waals surface area contributed by atoms with Crippen LogP contribution >= 0.6 is 34.8 Å². The molecule has 3 atom stereocenters. The van der Waals surface area contributed by atoms with Crippen molar-refractivity contribution in [2.24, 2.45) is 0 Å². The normalized spacial score (nSPS) is 15.1. The highest BCUT2D eigenvalue weighted by atomic mass is 35.5. The van der Waals surface area contributed by atoms with Gasteiger partial charge in [0.05, 0.1) is 32.6 Å². The fourth-order valence-corrected chi connectivity index (χ4v) is 5.12. The third-order valence-electron chi connectivity index (χ3n) is 4.87. The second-order valence-corrected chi connectivity index (χ2v) is 10.8. The summed E-state index contributed by atoms with van der Waals surface area (Å²) in [5, 5.41) is 1.81. The number of carbonyl (C=O) groups excluding carboxylic acids is 1. The Labute approximate surface area is 226 Å². The Balaban J connectivity index is 2.25. The molecule has 2 rings (SSSR count). The van der Waals surface area contributed by atoms with Crippen LogP contribution in [0.1, 0.15) is 39.9 Å². The van der Waals surface area contributed by atoms with Gasteiger partial charge in [0, 0.05) is 0 Å². The number of hydrogen-bond donors (Lipinski definition) is 1. The van der Waals surface area contributed by atoms with Crippen molar-refractivity contribution < 1.29 is 40.1 Å². The number of amides is 1. The van der Waals surface area contributed by atoms with Crippen molar-refractivity contribution in [3.05, 3.63) is 73.5 Å². The molecule has 0 heterocycles. The third kappa shape index (κ3) is 9.24. The Bertz CT molecular complexity index is 1130. The minimum Gasteiger partial charge on any atom is -0.616 e. The van der Waals surface area contributed by atoms with E-state index in [2.05, 4.69) is 5.32 Å². The lowest BCUT2D eigenvalue weighted by Gasteiger charge is -2.19. The third-order valence-corrected chi connectivity index (χ3v) is 7.59. The van der Waals surface area contributed by atoms with E-state index in [9.17, 15) is 40.1 Å². The SMILES string of the molecule is Cc1cc(/C=C/C(c2cc(Cl)c(Cl)c(Cl)c2)C(F)(F)F)cc(F)c1C(=O)N[C@H](C)C[S+]([O-])CC(F)(F)F. The Hall–Kier alpha value is -1.66. The molecular formula is C23H19Cl3F7NO2S. The zero-order valence-electron chi connectivity index (χ0n) is 19.0. The highest BCUT2D eigenvalue weighted by molar-refractivity contribution is 7.91. The van der Waals surface area contributed by atoms with Crippen LogP contribution in [-0.2, 0) is 11.2 Å². The van der Waals surface area contributed by atoms with Gasteiger partial charge < -0.3 is 9.87 Å². The molecule has 0 bridgehead atoms. The van der Waals surface area contributed by atoms with Crippen LogP contribution in [-0.4, -0.2) is 40.4 Å². The van der Waals surface area contributed by atoms with E-state index in [1.807, 2.05) is 0 Å². The number of rotatable bonds is 8. The fourth-order valence-electron chi connectivity index (χ4n) is 3.38. The molecule has 37 heavy (non-hydrogen) atoms. The number of alkyl halides is 6. The molecule has 1 amide bonds. The first-order valence-corrected chi connectivity index (χ1v) is 12.9. The van der Waals surface area contributed by atoms with Crippen molar-refractivity contribution in [2.75, 3.05) is 11.5 Å². The summed E-state index contributed by atoms with van der Waals surface area (Å²) < 4.78 is 105. The van der Waals surface area contributed by atoms with Crippen LogP contribution in [0.25, 0.3) is 6.08 Å². The average Bonchev–Trinajstić information content (AvgIpc) is 2.68. The molecule has 2 aromatic carbocycles. The molecule has 14 heteroatoms. The summed E-state index contributed by atoms with van der Waals surface area (Å²) in [4.78, 5) is 12.5. The van der Waals surface area contributed by atoms with Crippen LogP contribution < -0.4 is 5.32 Å². The van der Waals surface area contributed by atoms with Gasteiger partial charge >= 0.3 is 12.4 Å². The maximum atomic E-state index is 14.8. The van der Waals surface area contributed by atoms with Crippen LogP contribution in [0, 0.1) is 12.7 Å². The summed E-state index contributed by atoms with van der Waals surface area (Å²) in [6.45, 7) is 2.64. The summed E-state index contributed by atoms with van der Waals surface area (Å²) in [7, 11) is 0. The predicted molar refractivity (Wildman–Crippen MR) is 131 cm³/mol. The molecule has 3 nitrogen and oxygen atoms in total. The Morgan fingerprint density at radius 3 is 2.14 bits per heavy atom. The predicted octanol–water partition coefficient (Wildman–Crippen LogP) is 7.88. The number of allylic oxidation sites excluding steroid dienone is 1. The van der Waals surface area contributed by atoms with Crippen LogP contribution in [0.3, 0.4) is 0 Å². The summed E-state index contributed by atoms with van der Waals surface area (Å²) in [5.74, 6) is -6.26. The Morgan fingerprint density at radius 1 is 1.08 bits per heavy atom. The van der Waals surface area contributed by atoms with E-state index in [1.54, 1.807) is 0 Å². The van der Waals surface area contributed by atoms with Crippen molar-refractivity contribution >= 4 is 58.0 Å². The lowest BCUT2D eigenvalue weighted by Crippen LogP contribution is -2.40. The molecule has 0 spiro atoms. The highest BCUT2D eigenvalue weighted by Crippen LogP contribution is 2.41. The first kappa shape index (κ1) is 31.6. The first-order chi connectivity index (χ1) is 16.9. The lowest BCUT2D eigenvalue weighted by atomic mass is 9.96.